The van der Waals surface area contributed by atoms with E-state index in [4.69, 9.17) is 5.73 Å². The molecule has 1 saturated carbocycles. The van der Waals surface area contributed by atoms with Crippen molar-refractivity contribution in [1.82, 2.24) is 5.32 Å². The lowest BCUT2D eigenvalue weighted by Gasteiger charge is -2.19. The van der Waals surface area contributed by atoms with Gasteiger partial charge in [0.1, 0.15) is 0 Å². The standard InChI is InChI=1S/C10H20N2OS/c1-7(11)6-10(13)12-8-4-3-5-9(8)14-2/h7-9H,3-6,11H2,1-2H3,(H,12,13). The third-order valence-electron chi connectivity index (χ3n) is 2.61. The van der Waals surface area contributed by atoms with Crippen LogP contribution < -0.4 is 11.1 Å². The minimum Gasteiger partial charge on any atom is -0.352 e. The quantitative estimate of drug-likeness (QED) is 0.740. The molecule has 4 heteroatoms. The lowest BCUT2D eigenvalue weighted by atomic mass is 10.2. The van der Waals surface area contributed by atoms with E-state index in [0.717, 1.165) is 6.42 Å². The second-order valence-electron chi connectivity index (χ2n) is 4.06. The second-order valence-corrected chi connectivity index (χ2v) is 5.14. The van der Waals surface area contributed by atoms with E-state index in [0.29, 0.717) is 17.7 Å². The molecular formula is C10H20N2OS. The summed E-state index contributed by atoms with van der Waals surface area (Å²) < 4.78 is 0. The Labute approximate surface area is 90.2 Å². The Bertz CT molecular complexity index is 197. The maximum Gasteiger partial charge on any atom is 0.221 e. The summed E-state index contributed by atoms with van der Waals surface area (Å²) >= 11 is 1.86. The van der Waals surface area contributed by atoms with Gasteiger partial charge in [-0.15, -0.1) is 0 Å². The predicted octanol–water partition coefficient (Wildman–Crippen LogP) is 1.12. The van der Waals surface area contributed by atoms with Crippen molar-refractivity contribution in [2.45, 2.75) is 49.9 Å². The Morgan fingerprint density at radius 3 is 2.93 bits per heavy atom. The van der Waals surface area contributed by atoms with E-state index in [1.165, 1.54) is 12.8 Å². The first kappa shape index (κ1) is 11.9. The lowest BCUT2D eigenvalue weighted by molar-refractivity contribution is -0.121. The fourth-order valence-corrected chi connectivity index (χ4v) is 2.87. The smallest absolute Gasteiger partial charge is 0.221 e. The maximum absolute atomic E-state index is 11.5. The minimum atomic E-state index is -0.0378. The molecule has 0 radical (unpaired) electrons. The van der Waals surface area contributed by atoms with Crippen molar-refractivity contribution >= 4 is 17.7 Å². The highest BCUT2D eigenvalue weighted by atomic mass is 32.2. The normalized spacial score (nSPS) is 28.8. The molecule has 3 atom stereocenters. The van der Waals surface area contributed by atoms with Crippen LogP contribution in [0.3, 0.4) is 0 Å². The van der Waals surface area contributed by atoms with Crippen molar-refractivity contribution < 1.29 is 4.79 Å². The molecule has 0 saturated heterocycles. The van der Waals surface area contributed by atoms with Gasteiger partial charge < -0.3 is 11.1 Å². The Balaban J connectivity index is 2.32. The van der Waals surface area contributed by atoms with E-state index in [1.807, 2.05) is 18.7 Å². The number of hydrogen-bond acceptors (Lipinski definition) is 3. The van der Waals surface area contributed by atoms with Crippen LogP contribution in [0.5, 0.6) is 0 Å². The number of carbonyl (C=O) groups excluding carboxylic acids is 1. The summed E-state index contributed by atoms with van der Waals surface area (Å²) in [6, 6.07) is 0.334. The molecule has 1 rings (SSSR count). The molecule has 1 aliphatic rings. The van der Waals surface area contributed by atoms with Crippen LogP contribution in [0.2, 0.25) is 0 Å². The predicted molar refractivity (Wildman–Crippen MR) is 61.4 cm³/mol. The van der Waals surface area contributed by atoms with Gasteiger partial charge in [-0.1, -0.05) is 6.42 Å². The van der Waals surface area contributed by atoms with Gasteiger partial charge in [-0.05, 0) is 26.0 Å². The molecule has 1 fully saturated rings. The Kier molecular flexibility index (Phi) is 4.75. The highest BCUT2D eigenvalue weighted by Crippen LogP contribution is 2.28. The van der Waals surface area contributed by atoms with Crippen molar-refractivity contribution in [2.24, 2.45) is 5.73 Å². The van der Waals surface area contributed by atoms with Crippen molar-refractivity contribution in [3.05, 3.63) is 0 Å². The molecule has 3 nitrogen and oxygen atoms in total. The zero-order valence-corrected chi connectivity index (χ0v) is 9.77. The maximum atomic E-state index is 11.5. The fourth-order valence-electron chi connectivity index (χ4n) is 1.93. The summed E-state index contributed by atoms with van der Waals surface area (Å²) in [5.41, 5.74) is 5.57. The minimum absolute atomic E-state index is 0.0378. The van der Waals surface area contributed by atoms with Gasteiger partial charge in [0, 0.05) is 23.8 Å². The van der Waals surface area contributed by atoms with Gasteiger partial charge in [0.2, 0.25) is 5.91 Å². The van der Waals surface area contributed by atoms with Gasteiger partial charge in [-0.3, -0.25) is 4.79 Å². The van der Waals surface area contributed by atoms with Crippen molar-refractivity contribution in [3.63, 3.8) is 0 Å². The van der Waals surface area contributed by atoms with Crippen LogP contribution >= 0.6 is 11.8 Å². The first-order valence-corrected chi connectivity index (χ1v) is 6.50. The molecule has 14 heavy (non-hydrogen) atoms. The number of nitrogens with one attached hydrogen (secondary N) is 1. The molecule has 0 aromatic carbocycles. The number of nitrogens with two attached hydrogens (primary N) is 1. The van der Waals surface area contributed by atoms with Crippen LogP contribution in [0.1, 0.15) is 32.6 Å². The van der Waals surface area contributed by atoms with Gasteiger partial charge in [-0.2, -0.15) is 11.8 Å². The van der Waals surface area contributed by atoms with Gasteiger partial charge in [0.05, 0.1) is 0 Å². The zero-order chi connectivity index (χ0) is 10.6. The monoisotopic (exact) mass is 216 g/mol. The molecular weight excluding hydrogens is 196 g/mol. The van der Waals surface area contributed by atoms with Crippen molar-refractivity contribution in [3.8, 4) is 0 Å². The highest BCUT2D eigenvalue weighted by Gasteiger charge is 2.27. The molecule has 1 aliphatic carbocycles. The summed E-state index contributed by atoms with van der Waals surface area (Å²) in [5, 5.41) is 3.68. The summed E-state index contributed by atoms with van der Waals surface area (Å²) in [4.78, 5) is 11.5. The molecule has 82 valence electrons. The van der Waals surface area contributed by atoms with Gasteiger partial charge >= 0.3 is 0 Å². The summed E-state index contributed by atoms with van der Waals surface area (Å²) in [7, 11) is 0. The first-order chi connectivity index (χ1) is 6.63. The number of rotatable bonds is 4. The van der Waals surface area contributed by atoms with Gasteiger partial charge in [0.15, 0.2) is 0 Å². The van der Waals surface area contributed by atoms with Crippen LogP contribution in [-0.2, 0) is 4.79 Å². The van der Waals surface area contributed by atoms with Crippen LogP contribution in [-0.4, -0.2) is 29.5 Å². The van der Waals surface area contributed by atoms with Crippen LogP contribution in [0.15, 0.2) is 0 Å². The van der Waals surface area contributed by atoms with E-state index in [-0.39, 0.29) is 11.9 Å². The van der Waals surface area contributed by atoms with E-state index in [1.54, 1.807) is 0 Å². The largest absolute Gasteiger partial charge is 0.352 e. The van der Waals surface area contributed by atoms with E-state index in [2.05, 4.69) is 11.6 Å². The van der Waals surface area contributed by atoms with Crippen LogP contribution in [0, 0.1) is 0 Å². The summed E-state index contributed by atoms with van der Waals surface area (Å²) in [5.74, 6) is 0.103. The third-order valence-corrected chi connectivity index (χ3v) is 3.78. The van der Waals surface area contributed by atoms with E-state index < -0.39 is 0 Å². The molecule has 0 aliphatic heterocycles. The van der Waals surface area contributed by atoms with Crippen molar-refractivity contribution in [2.75, 3.05) is 6.26 Å². The van der Waals surface area contributed by atoms with Crippen molar-refractivity contribution in [1.29, 1.82) is 0 Å². The van der Waals surface area contributed by atoms with Gasteiger partial charge in [-0.25, -0.2) is 0 Å². The molecule has 0 aromatic heterocycles. The molecule has 3 unspecified atom stereocenters. The summed E-state index contributed by atoms with van der Waals surface area (Å²) in [6.45, 7) is 1.86. The average Bonchev–Trinajstić information content (AvgIpc) is 2.50. The third kappa shape index (κ3) is 3.50. The number of carbonyl (C=O) groups is 1. The second kappa shape index (κ2) is 5.61. The topological polar surface area (TPSA) is 55.1 Å². The van der Waals surface area contributed by atoms with Crippen LogP contribution in [0.4, 0.5) is 0 Å². The molecule has 0 aromatic rings. The Morgan fingerprint density at radius 2 is 2.36 bits per heavy atom. The molecule has 0 heterocycles. The number of thioether (sulfide) groups is 1. The lowest BCUT2D eigenvalue weighted by Crippen LogP contribution is -2.40. The molecule has 0 spiro atoms. The highest BCUT2D eigenvalue weighted by molar-refractivity contribution is 7.99. The molecule has 3 N–H and O–H groups in total. The Hall–Kier alpha value is -0.220. The molecule has 1 amide bonds. The van der Waals surface area contributed by atoms with Gasteiger partial charge in [0.25, 0.3) is 0 Å². The Morgan fingerprint density at radius 1 is 1.64 bits per heavy atom. The average molecular weight is 216 g/mol. The first-order valence-electron chi connectivity index (χ1n) is 5.21. The van der Waals surface area contributed by atoms with E-state index >= 15 is 0 Å². The SMILES string of the molecule is CSC1CCCC1NC(=O)CC(C)N. The molecule has 0 bridgehead atoms. The van der Waals surface area contributed by atoms with E-state index in [9.17, 15) is 4.79 Å². The fraction of sp³-hybridized carbons (Fsp3) is 0.900. The number of hydrogen-bond donors (Lipinski definition) is 2. The zero-order valence-electron chi connectivity index (χ0n) is 8.95. The summed E-state index contributed by atoms with van der Waals surface area (Å²) in [6.07, 6.45) is 6.13. The van der Waals surface area contributed by atoms with Crippen LogP contribution in [0.25, 0.3) is 0 Å². The number of amides is 1.